The molecule has 2 saturated heterocycles. The maximum atomic E-state index is 13.2. The van der Waals surface area contributed by atoms with Crippen LogP contribution in [0.3, 0.4) is 0 Å². The number of rotatable bonds is 2. The molecule has 1 unspecified atom stereocenters. The lowest BCUT2D eigenvalue weighted by Gasteiger charge is -2.37. The third-order valence-corrected chi connectivity index (χ3v) is 4.01. The molecule has 1 aromatic rings. The van der Waals surface area contributed by atoms with Gasteiger partial charge >= 0.3 is 0 Å². The number of amides is 1. The molecule has 1 N–H and O–H groups in total. The van der Waals surface area contributed by atoms with Gasteiger partial charge in [0.2, 0.25) is 5.91 Å². The summed E-state index contributed by atoms with van der Waals surface area (Å²) in [5.74, 6) is 0.0482. The van der Waals surface area contributed by atoms with E-state index in [1.807, 2.05) is 4.90 Å². The second-order valence-electron chi connectivity index (χ2n) is 5.29. The number of benzene rings is 1. The van der Waals surface area contributed by atoms with E-state index in [0.29, 0.717) is 18.5 Å². The summed E-state index contributed by atoms with van der Waals surface area (Å²) in [5.41, 5.74) is 0.609. The van der Waals surface area contributed by atoms with Crippen LogP contribution < -0.4 is 0 Å². The highest BCUT2D eigenvalue weighted by molar-refractivity contribution is 5.78. The Morgan fingerprint density at radius 1 is 1.37 bits per heavy atom. The van der Waals surface area contributed by atoms with Crippen LogP contribution in [0.2, 0.25) is 0 Å². The zero-order chi connectivity index (χ0) is 13.4. The Hall–Kier alpha value is -1.62. The van der Waals surface area contributed by atoms with Crippen LogP contribution >= 0.6 is 0 Å². The largest absolute Gasteiger partial charge is 0.508 e. The zero-order valence-electron chi connectivity index (χ0n) is 10.7. The number of aromatic hydroxyl groups is 1. The normalized spacial score (nSPS) is 23.7. The molecule has 0 aromatic heterocycles. The summed E-state index contributed by atoms with van der Waals surface area (Å²) in [6, 6.07) is 4.31. The van der Waals surface area contributed by atoms with Crippen molar-refractivity contribution < 1.29 is 14.3 Å². The predicted octanol–water partition coefficient (Wildman–Crippen LogP) is 1.34. The smallest absolute Gasteiger partial charge is 0.222 e. The third kappa shape index (κ3) is 2.42. The second-order valence-corrected chi connectivity index (χ2v) is 5.29. The third-order valence-electron chi connectivity index (χ3n) is 4.01. The number of fused-ring (bicyclic) bond motifs is 1. The monoisotopic (exact) mass is 264 g/mol. The van der Waals surface area contributed by atoms with Gasteiger partial charge in [0.1, 0.15) is 11.6 Å². The van der Waals surface area contributed by atoms with Crippen LogP contribution in [0, 0.1) is 5.82 Å². The molecule has 0 spiro atoms. The minimum absolute atomic E-state index is 0.131. The molecule has 1 aromatic carbocycles. The van der Waals surface area contributed by atoms with E-state index in [9.17, 15) is 14.3 Å². The summed E-state index contributed by atoms with van der Waals surface area (Å²) in [5, 5.41) is 9.74. The molecule has 2 aliphatic rings. The van der Waals surface area contributed by atoms with E-state index in [0.717, 1.165) is 26.1 Å². The molecule has 2 aliphatic heterocycles. The number of phenols is 1. The Labute approximate surface area is 111 Å². The highest BCUT2D eigenvalue weighted by atomic mass is 19.1. The Bertz CT molecular complexity index is 506. The van der Waals surface area contributed by atoms with Crippen LogP contribution in [-0.4, -0.2) is 46.5 Å². The van der Waals surface area contributed by atoms with Gasteiger partial charge in [-0.2, -0.15) is 0 Å². The molecule has 0 aliphatic carbocycles. The quantitative estimate of drug-likeness (QED) is 0.876. The summed E-state index contributed by atoms with van der Waals surface area (Å²) in [7, 11) is 0. The van der Waals surface area contributed by atoms with Crippen molar-refractivity contribution in [2.75, 3.05) is 19.6 Å². The molecule has 2 fully saturated rings. The lowest BCUT2D eigenvalue weighted by atomic mass is 10.1. The van der Waals surface area contributed by atoms with Crippen LogP contribution in [0.5, 0.6) is 5.75 Å². The fourth-order valence-electron chi connectivity index (χ4n) is 2.99. The number of nitrogens with zero attached hydrogens (tertiary/aromatic N) is 2. The molecule has 0 bridgehead atoms. The van der Waals surface area contributed by atoms with Gasteiger partial charge in [-0.05, 0) is 24.6 Å². The fourth-order valence-corrected chi connectivity index (χ4v) is 2.99. The molecular weight excluding hydrogens is 247 g/mol. The Morgan fingerprint density at radius 2 is 2.21 bits per heavy atom. The number of hydrogen-bond donors (Lipinski definition) is 1. The molecule has 4 nitrogen and oxygen atoms in total. The molecule has 0 saturated carbocycles. The van der Waals surface area contributed by atoms with Gasteiger partial charge in [-0.15, -0.1) is 0 Å². The average molecular weight is 264 g/mol. The number of phenolic OH excluding ortho intramolecular Hbond substituents is 1. The zero-order valence-corrected chi connectivity index (χ0v) is 10.7. The summed E-state index contributed by atoms with van der Waals surface area (Å²) < 4.78 is 13.2. The van der Waals surface area contributed by atoms with Crippen molar-refractivity contribution in [3.05, 3.63) is 29.6 Å². The van der Waals surface area contributed by atoms with E-state index in [-0.39, 0.29) is 23.5 Å². The Morgan fingerprint density at radius 3 is 3.05 bits per heavy atom. The van der Waals surface area contributed by atoms with Crippen LogP contribution in [0.15, 0.2) is 18.2 Å². The summed E-state index contributed by atoms with van der Waals surface area (Å²) in [6.07, 6.45) is 1.55. The first-order chi connectivity index (χ1) is 9.13. The van der Waals surface area contributed by atoms with E-state index >= 15 is 0 Å². The predicted molar refractivity (Wildman–Crippen MR) is 68.1 cm³/mol. The minimum Gasteiger partial charge on any atom is -0.508 e. The van der Waals surface area contributed by atoms with E-state index in [4.69, 9.17) is 0 Å². The SMILES string of the molecule is O=C1CCC2CN(Cc3cc(F)ccc3O)CCN12. The first kappa shape index (κ1) is 12.4. The van der Waals surface area contributed by atoms with Gasteiger partial charge in [-0.1, -0.05) is 0 Å². The van der Waals surface area contributed by atoms with Crippen molar-refractivity contribution in [3.63, 3.8) is 0 Å². The number of carbonyl (C=O) groups excluding carboxylic acids is 1. The van der Waals surface area contributed by atoms with E-state index in [1.165, 1.54) is 18.2 Å². The van der Waals surface area contributed by atoms with Crippen LogP contribution in [-0.2, 0) is 11.3 Å². The summed E-state index contributed by atoms with van der Waals surface area (Å²) in [4.78, 5) is 15.7. The van der Waals surface area contributed by atoms with Gasteiger partial charge in [-0.3, -0.25) is 9.69 Å². The average Bonchev–Trinajstić information content (AvgIpc) is 2.75. The standard InChI is InChI=1S/C14H17FN2O2/c15-11-1-3-13(18)10(7-11)8-16-5-6-17-12(9-16)2-4-14(17)19/h1,3,7,12,18H,2,4-6,8-9H2. The molecule has 3 rings (SSSR count). The number of halogens is 1. The van der Waals surface area contributed by atoms with E-state index in [2.05, 4.69) is 4.90 Å². The Balaban J connectivity index is 1.68. The molecule has 1 amide bonds. The Kier molecular flexibility index (Phi) is 3.14. The van der Waals surface area contributed by atoms with Gasteiger partial charge in [0.05, 0.1) is 0 Å². The van der Waals surface area contributed by atoms with Crippen LogP contribution in [0.4, 0.5) is 4.39 Å². The summed E-state index contributed by atoms with van der Waals surface area (Å²) in [6.45, 7) is 2.85. The molecule has 5 heteroatoms. The first-order valence-corrected chi connectivity index (χ1v) is 6.63. The van der Waals surface area contributed by atoms with Gasteiger partial charge < -0.3 is 10.0 Å². The lowest BCUT2D eigenvalue weighted by Crippen LogP contribution is -2.50. The van der Waals surface area contributed by atoms with Crippen LogP contribution in [0.25, 0.3) is 0 Å². The maximum Gasteiger partial charge on any atom is 0.222 e. The fraction of sp³-hybridized carbons (Fsp3) is 0.500. The first-order valence-electron chi connectivity index (χ1n) is 6.63. The molecular formula is C14H17FN2O2. The van der Waals surface area contributed by atoms with Crippen molar-refractivity contribution in [2.24, 2.45) is 0 Å². The van der Waals surface area contributed by atoms with Crippen molar-refractivity contribution >= 4 is 5.91 Å². The molecule has 0 radical (unpaired) electrons. The van der Waals surface area contributed by atoms with E-state index < -0.39 is 0 Å². The van der Waals surface area contributed by atoms with Crippen molar-refractivity contribution in [2.45, 2.75) is 25.4 Å². The van der Waals surface area contributed by atoms with Crippen molar-refractivity contribution in [1.82, 2.24) is 9.80 Å². The summed E-state index contributed by atoms with van der Waals surface area (Å²) >= 11 is 0. The van der Waals surface area contributed by atoms with Gasteiger partial charge in [0, 0.05) is 44.2 Å². The molecule has 102 valence electrons. The molecule has 19 heavy (non-hydrogen) atoms. The highest BCUT2D eigenvalue weighted by Gasteiger charge is 2.35. The van der Waals surface area contributed by atoms with Crippen molar-refractivity contribution in [3.8, 4) is 5.75 Å². The van der Waals surface area contributed by atoms with E-state index in [1.54, 1.807) is 0 Å². The lowest BCUT2D eigenvalue weighted by molar-refractivity contribution is -0.130. The van der Waals surface area contributed by atoms with Crippen molar-refractivity contribution in [1.29, 1.82) is 0 Å². The van der Waals surface area contributed by atoms with Gasteiger partial charge in [0.15, 0.2) is 0 Å². The molecule has 1 atom stereocenters. The number of carbonyl (C=O) groups is 1. The molecule has 2 heterocycles. The number of hydrogen-bond acceptors (Lipinski definition) is 3. The topological polar surface area (TPSA) is 43.8 Å². The van der Waals surface area contributed by atoms with Crippen LogP contribution in [0.1, 0.15) is 18.4 Å². The minimum atomic E-state index is -0.331. The number of piperazine rings is 1. The second kappa shape index (κ2) is 4.81. The maximum absolute atomic E-state index is 13.2. The van der Waals surface area contributed by atoms with Gasteiger partial charge in [0.25, 0.3) is 0 Å². The highest BCUT2D eigenvalue weighted by Crippen LogP contribution is 2.25. The van der Waals surface area contributed by atoms with Gasteiger partial charge in [-0.25, -0.2) is 4.39 Å².